The van der Waals surface area contributed by atoms with Gasteiger partial charge in [-0.1, -0.05) is 36.0 Å². The summed E-state index contributed by atoms with van der Waals surface area (Å²) < 4.78 is 27.1. The standard InChI is InChI=1S/C23H22FN5O4S/c24-16-5-1-2-6-17(16)29-15-25-26-23(29)34-14-21(30)27-9-11-28(12-10-27)22(31)20-13-32-18-7-3-4-8-19(18)33-20/h1-8,15,20H,9-14H2/t20-/m1/s1. The highest BCUT2D eigenvalue weighted by molar-refractivity contribution is 7.99. The van der Waals surface area contributed by atoms with Crippen molar-refractivity contribution in [1.82, 2.24) is 24.6 Å². The van der Waals surface area contributed by atoms with Gasteiger partial charge in [0.1, 0.15) is 18.8 Å². The average Bonchev–Trinajstić information content (AvgIpc) is 3.35. The van der Waals surface area contributed by atoms with Crippen LogP contribution in [-0.4, -0.2) is 81.0 Å². The highest BCUT2D eigenvalue weighted by Crippen LogP contribution is 2.31. The third kappa shape index (κ3) is 4.56. The van der Waals surface area contributed by atoms with Crippen LogP contribution in [0.2, 0.25) is 0 Å². The molecule has 2 aromatic carbocycles. The third-order valence-corrected chi connectivity index (χ3v) is 6.61. The minimum Gasteiger partial charge on any atom is -0.485 e. The molecule has 1 saturated heterocycles. The van der Waals surface area contributed by atoms with Gasteiger partial charge in [-0.05, 0) is 24.3 Å². The van der Waals surface area contributed by atoms with E-state index in [1.165, 1.54) is 28.7 Å². The van der Waals surface area contributed by atoms with Gasteiger partial charge in [0.25, 0.3) is 5.91 Å². The number of amides is 2. The van der Waals surface area contributed by atoms with Gasteiger partial charge in [0.15, 0.2) is 16.7 Å². The lowest BCUT2D eigenvalue weighted by Crippen LogP contribution is -2.55. The lowest BCUT2D eigenvalue weighted by Gasteiger charge is -2.37. The van der Waals surface area contributed by atoms with Gasteiger partial charge >= 0.3 is 0 Å². The number of aromatic nitrogens is 3. The van der Waals surface area contributed by atoms with Crippen LogP contribution in [0.5, 0.6) is 11.5 Å². The Bertz CT molecular complexity index is 1200. The van der Waals surface area contributed by atoms with Crippen LogP contribution in [0.4, 0.5) is 4.39 Å². The molecule has 11 heteroatoms. The second-order valence-electron chi connectivity index (χ2n) is 7.79. The van der Waals surface area contributed by atoms with E-state index in [9.17, 15) is 14.0 Å². The summed E-state index contributed by atoms with van der Waals surface area (Å²) in [5, 5.41) is 8.30. The summed E-state index contributed by atoms with van der Waals surface area (Å²) in [6, 6.07) is 13.6. The van der Waals surface area contributed by atoms with Gasteiger partial charge in [-0.2, -0.15) is 0 Å². The van der Waals surface area contributed by atoms with Crippen molar-refractivity contribution in [2.75, 3.05) is 38.5 Å². The highest BCUT2D eigenvalue weighted by Gasteiger charge is 2.33. The van der Waals surface area contributed by atoms with Crippen molar-refractivity contribution in [3.8, 4) is 17.2 Å². The molecule has 1 atom stereocenters. The van der Waals surface area contributed by atoms with Gasteiger partial charge in [-0.25, -0.2) is 4.39 Å². The molecule has 2 aliphatic rings. The molecule has 3 heterocycles. The zero-order valence-electron chi connectivity index (χ0n) is 18.2. The molecule has 34 heavy (non-hydrogen) atoms. The molecular formula is C23H22FN5O4S. The van der Waals surface area contributed by atoms with Gasteiger partial charge in [0.05, 0.1) is 11.4 Å². The Morgan fingerprint density at radius 2 is 1.71 bits per heavy atom. The van der Waals surface area contributed by atoms with Crippen LogP contribution in [0.1, 0.15) is 0 Å². The summed E-state index contributed by atoms with van der Waals surface area (Å²) in [7, 11) is 0. The summed E-state index contributed by atoms with van der Waals surface area (Å²) in [6.07, 6.45) is 0.725. The van der Waals surface area contributed by atoms with Crippen LogP contribution in [0, 0.1) is 5.82 Å². The second-order valence-corrected chi connectivity index (χ2v) is 8.74. The number of carbonyl (C=O) groups is 2. The minimum atomic E-state index is -0.697. The Kier molecular flexibility index (Phi) is 6.35. The number of hydrogen-bond acceptors (Lipinski definition) is 7. The first-order valence-corrected chi connectivity index (χ1v) is 11.8. The van der Waals surface area contributed by atoms with E-state index in [0.29, 0.717) is 48.5 Å². The smallest absolute Gasteiger partial charge is 0.267 e. The molecule has 1 fully saturated rings. The molecule has 2 aliphatic heterocycles. The van der Waals surface area contributed by atoms with E-state index in [4.69, 9.17) is 9.47 Å². The van der Waals surface area contributed by atoms with E-state index in [1.807, 2.05) is 12.1 Å². The molecule has 0 unspecified atom stereocenters. The molecular weight excluding hydrogens is 461 g/mol. The SMILES string of the molecule is O=C(CSc1nncn1-c1ccccc1F)N1CCN(C(=O)[C@H]2COc3ccccc3O2)CC1. The first kappa shape index (κ1) is 22.2. The first-order valence-electron chi connectivity index (χ1n) is 10.8. The normalized spacial score (nSPS) is 17.5. The average molecular weight is 484 g/mol. The Hall–Kier alpha value is -3.60. The van der Waals surface area contributed by atoms with E-state index in [-0.39, 0.29) is 24.2 Å². The minimum absolute atomic E-state index is 0.0774. The van der Waals surface area contributed by atoms with Crippen LogP contribution < -0.4 is 9.47 Å². The predicted molar refractivity (Wildman–Crippen MR) is 122 cm³/mol. The van der Waals surface area contributed by atoms with Crippen molar-refractivity contribution >= 4 is 23.6 Å². The number of para-hydroxylation sites is 3. The molecule has 0 aliphatic carbocycles. The van der Waals surface area contributed by atoms with Crippen molar-refractivity contribution in [3.63, 3.8) is 0 Å². The molecule has 0 spiro atoms. The number of piperazine rings is 1. The number of nitrogens with zero attached hydrogens (tertiary/aromatic N) is 5. The fraction of sp³-hybridized carbons (Fsp3) is 0.304. The number of halogens is 1. The van der Waals surface area contributed by atoms with Gasteiger partial charge in [-0.15, -0.1) is 10.2 Å². The van der Waals surface area contributed by atoms with Crippen LogP contribution in [-0.2, 0) is 9.59 Å². The Labute approximate surface area is 199 Å². The van der Waals surface area contributed by atoms with Crippen molar-refractivity contribution in [2.24, 2.45) is 0 Å². The van der Waals surface area contributed by atoms with Crippen LogP contribution in [0.15, 0.2) is 60.0 Å². The van der Waals surface area contributed by atoms with Gasteiger partial charge in [0, 0.05) is 26.2 Å². The number of rotatable bonds is 5. The quantitative estimate of drug-likeness (QED) is 0.513. The lowest BCUT2D eigenvalue weighted by atomic mass is 10.2. The fourth-order valence-corrected chi connectivity index (χ4v) is 4.70. The van der Waals surface area contributed by atoms with E-state index >= 15 is 0 Å². The first-order chi connectivity index (χ1) is 16.6. The number of benzene rings is 2. The summed E-state index contributed by atoms with van der Waals surface area (Å²) in [5.74, 6) is 0.705. The summed E-state index contributed by atoms with van der Waals surface area (Å²) in [5.41, 5.74) is 0.325. The maximum absolute atomic E-state index is 14.1. The molecule has 0 bridgehead atoms. The number of thioether (sulfide) groups is 1. The van der Waals surface area contributed by atoms with Gasteiger partial charge < -0.3 is 19.3 Å². The molecule has 9 nitrogen and oxygen atoms in total. The summed E-state index contributed by atoms with van der Waals surface area (Å²) in [6.45, 7) is 1.85. The largest absolute Gasteiger partial charge is 0.485 e. The van der Waals surface area contributed by atoms with Gasteiger partial charge in [-0.3, -0.25) is 14.2 Å². The number of fused-ring (bicyclic) bond motifs is 1. The van der Waals surface area contributed by atoms with Crippen molar-refractivity contribution < 1.29 is 23.5 Å². The molecule has 0 saturated carbocycles. The summed E-state index contributed by atoms with van der Waals surface area (Å²) >= 11 is 1.20. The number of ether oxygens (including phenoxy) is 2. The third-order valence-electron chi connectivity index (χ3n) is 5.68. The molecule has 5 rings (SSSR count). The monoisotopic (exact) mass is 483 g/mol. The van der Waals surface area contributed by atoms with Crippen molar-refractivity contribution in [1.29, 1.82) is 0 Å². The molecule has 2 amide bonds. The highest BCUT2D eigenvalue weighted by atomic mass is 32.2. The molecule has 0 radical (unpaired) electrons. The molecule has 1 aromatic heterocycles. The molecule has 0 N–H and O–H groups in total. The van der Waals surface area contributed by atoms with E-state index in [1.54, 1.807) is 40.1 Å². The van der Waals surface area contributed by atoms with E-state index < -0.39 is 11.9 Å². The summed E-state index contributed by atoms with van der Waals surface area (Å²) in [4.78, 5) is 29.1. The van der Waals surface area contributed by atoms with Crippen molar-refractivity contribution in [3.05, 3.63) is 60.7 Å². The number of hydrogen-bond donors (Lipinski definition) is 0. The number of carbonyl (C=O) groups excluding carboxylic acids is 2. The zero-order chi connectivity index (χ0) is 23.5. The Morgan fingerprint density at radius 3 is 2.50 bits per heavy atom. The van der Waals surface area contributed by atoms with Gasteiger partial charge in [0.2, 0.25) is 12.0 Å². The zero-order valence-corrected chi connectivity index (χ0v) is 19.0. The van der Waals surface area contributed by atoms with E-state index in [0.717, 1.165) is 0 Å². The predicted octanol–water partition coefficient (Wildman–Crippen LogP) is 2.01. The van der Waals surface area contributed by atoms with Crippen molar-refractivity contribution in [2.45, 2.75) is 11.3 Å². The maximum atomic E-state index is 14.1. The Morgan fingerprint density at radius 1 is 1.00 bits per heavy atom. The van der Waals surface area contributed by atoms with Crippen LogP contribution in [0.3, 0.4) is 0 Å². The van der Waals surface area contributed by atoms with Crippen LogP contribution >= 0.6 is 11.8 Å². The Balaban J connectivity index is 1.13. The molecule has 3 aromatic rings. The fourth-order valence-electron chi connectivity index (χ4n) is 3.87. The molecule has 176 valence electrons. The maximum Gasteiger partial charge on any atom is 0.267 e. The topological polar surface area (TPSA) is 89.8 Å². The second kappa shape index (κ2) is 9.72. The van der Waals surface area contributed by atoms with Crippen LogP contribution in [0.25, 0.3) is 5.69 Å². The van der Waals surface area contributed by atoms with E-state index in [2.05, 4.69) is 10.2 Å². The lowest BCUT2D eigenvalue weighted by molar-refractivity contribution is -0.145.